The third-order valence-corrected chi connectivity index (χ3v) is 2.27. The maximum Gasteiger partial charge on any atom is 0.116 e. The van der Waals surface area contributed by atoms with E-state index in [4.69, 9.17) is 23.2 Å². The molecule has 0 bridgehead atoms. The van der Waals surface area contributed by atoms with Crippen molar-refractivity contribution in [1.29, 1.82) is 0 Å². The van der Waals surface area contributed by atoms with Crippen LogP contribution in [0.5, 0.6) is 0 Å². The summed E-state index contributed by atoms with van der Waals surface area (Å²) in [6, 6.07) is 3.47. The summed E-state index contributed by atoms with van der Waals surface area (Å²) in [7, 11) is 0. The molecule has 0 amide bonds. The van der Waals surface area contributed by atoms with Crippen LogP contribution in [-0.2, 0) is 0 Å². The number of hydrogen-bond donors (Lipinski definition) is 0. The van der Waals surface area contributed by atoms with Crippen LogP contribution < -0.4 is 0 Å². The minimum atomic E-state index is 0.517. The van der Waals surface area contributed by atoms with Crippen molar-refractivity contribution in [2.75, 3.05) is 0 Å². The van der Waals surface area contributed by atoms with Crippen molar-refractivity contribution in [2.45, 2.75) is 0 Å². The molecule has 12 heavy (non-hydrogen) atoms. The summed E-state index contributed by atoms with van der Waals surface area (Å²) >= 11 is 11.6. The molecule has 0 aliphatic rings. The van der Waals surface area contributed by atoms with Gasteiger partial charge < -0.3 is 0 Å². The summed E-state index contributed by atoms with van der Waals surface area (Å²) in [5.74, 6) is 0. The van der Waals surface area contributed by atoms with Gasteiger partial charge in [0.2, 0.25) is 0 Å². The first-order chi connectivity index (χ1) is 5.77. The Morgan fingerprint density at radius 3 is 2.67 bits per heavy atom. The molecule has 0 unspecified atom stereocenters. The van der Waals surface area contributed by atoms with E-state index in [9.17, 15) is 0 Å². The third-order valence-electron chi connectivity index (χ3n) is 1.55. The minimum Gasteiger partial charge on any atom is -0.244 e. The van der Waals surface area contributed by atoms with Crippen molar-refractivity contribution >= 4 is 34.1 Å². The van der Waals surface area contributed by atoms with Crippen molar-refractivity contribution in [3.63, 3.8) is 0 Å². The Bertz CT molecular complexity index is 388. The summed E-state index contributed by atoms with van der Waals surface area (Å²) < 4.78 is 0. The Balaban J connectivity index is 2.84. The lowest BCUT2D eigenvalue weighted by atomic mass is 10.2. The van der Waals surface area contributed by atoms with Crippen LogP contribution in [0.3, 0.4) is 0 Å². The second-order valence-electron chi connectivity index (χ2n) is 2.35. The normalized spacial score (nSPS) is 10.5. The molecular formula is C8H4Cl2N2. The molecule has 0 aliphatic heterocycles. The summed E-state index contributed by atoms with van der Waals surface area (Å²) in [5, 5.41) is 1.94. The van der Waals surface area contributed by atoms with E-state index in [1.807, 2.05) is 0 Å². The molecule has 0 fully saturated rings. The lowest BCUT2D eigenvalue weighted by Crippen LogP contribution is -1.80. The molecule has 2 aromatic rings. The lowest BCUT2D eigenvalue weighted by molar-refractivity contribution is 1.22. The maximum atomic E-state index is 5.80. The fraction of sp³-hybridized carbons (Fsp3) is 0. The van der Waals surface area contributed by atoms with Crippen molar-refractivity contribution in [3.05, 3.63) is 34.7 Å². The largest absolute Gasteiger partial charge is 0.244 e. The van der Waals surface area contributed by atoms with Crippen LogP contribution in [0, 0.1) is 0 Å². The molecule has 1 aromatic carbocycles. The lowest BCUT2D eigenvalue weighted by Gasteiger charge is -1.97. The molecule has 0 aliphatic carbocycles. The van der Waals surface area contributed by atoms with Crippen LogP contribution in [0.1, 0.15) is 0 Å². The first kappa shape index (κ1) is 7.77. The Labute approximate surface area is 79.2 Å². The summed E-state index contributed by atoms with van der Waals surface area (Å²) in [6.45, 7) is 0. The molecule has 1 heterocycles. The smallest absolute Gasteiger partial charge is 0.116 e. The molecule has 2 nitrogen and oxygen atoms in total. The topological polar surface area (TPSA) is 25.8 Å². The molecule has 0 saturated heterocycles. The zero-order chi connectivity index (χ0) is 8.55. The van der Waals surface area contributed by atoms with E-state index in [1.54, 1.807) is 18.3 Å². The number of hydrogen-bond acceptors (Lipinski definition) is 2. The van der Waals surface area contributed by atoms with Gasteiger partial charge in [-0.3, -0.25) is 0 Å². The fourth-order valence-corrected chi connectivity index (χ4v) is 1.31. The van der Waals surface area contributed by atoms with Gasteiger partial charge in [0.1, 0.15) is 6.33 Å². The number of benzene rings is 1. The second-order valence-corrected chi connectivity index (χ2v) is 3.16. The fourth-order valence-electron chi connectivity index (χ4n) is 0.976. The Morgan fingerprint density at radius 2 is 1.83 bits per heavy atom. The first-order valence-electron chi connectivity index (χ1n) is 3.32. The Kier molecular flexibility index (Phi) is 1.87. The first-order valence-corrected chi connectivity index (χ1v) is 4.08. The predicted octanol–water partition coefficient (Wildman–Crippen LogP) is 2.94. The van der Waals surface area contributed by atoms with Gasteiger partial charge >= 0.3 is 0 Å². The third kappa shape index (κ3) is 1.24. The Morgan fingerprint density at radius 1 is 1.08 bits per heavy atom. The van der Waals surface area contributed by atoms with Crippen molar-refractivity contribution < 1.29 is 0 Å². The van der Waals surface area contributed by atoms with E-state index < -0.39 is 0 Å². The number of nitrogens with zero attached hydrogens (tertiary/aromatic N) is 2. The Hall–Kier alpha value is -0.860. The van der Waals surface area contributed by atoms with E-state index >= 15 is 0 Å². The summed E-state index contributed by atoms with van der Waals surface area (Å²) in [4.78, 5) is 7.90. The molecule has 4 heteroatoms. The summed E-state index contributed by atoms with van der Waals surface area (Å²) in [6.07, 6.45) is 3.18. The number of halogens is 2. The molecular weight excluding hydrogens is 195 g/mol. The van der Waals surface area contributed by atoms with Gasteiger partial charge in [0, 0.05) is 11.6 Å². The van der Waals surface area contributed by atoms with E-state index in [-0.39, 0.29) is 0 Å². The van der Waals surface area contributed by atoms with Crippen LogP contribution in [0.4, 0.5) is 0 Å². The van der Waals surface area contributed by atoms with Crippen molar-refractivity contribution in [1.82, 2.24) is 9.97 Å². The standard InChI is InChI=1S/C8H4Cl2N2/c9-6-1-5-3-11-4-12-8(5)2-7(6)10/h1-4H. The SMILES string of the molecule is Clc1cc2cncnc2cc1Cl. The molecule has 0 spiro atoms. The monoisotopic (exact) mass is 198 g/mol. The number of aromatic nitrogens is 2. The molecule has 0 N–H and O–H groups in total. The molecule has 60 valence electrons. The van der Waals surface area contributed by atoms with Gasteiger partial charge in [-0.05, 0) is 12.1 Å². The van der Waals surface area contributed by atoms with E-state index in [0.717, 1.165) is 10.9 Å². The zero-order valence-corrected chi connectivity index (χ0v) is 7.47. The quantitative estimate of drug-likeness (QED) is 0.651. The van der Waals surface area contributed by atoms with Gasteiger partial charge in [-0.1, -0.05) is 23.2 Å². The van der Waals surface area contributed by atoms with Crippen molar-refractivity contribution in [3.8, 4) is 0 Å². The number of rotatable bonds is 0. The molecule has 0 radical (unpaired) electrons. The highest BCUT2D eigenvalue weighted by Gasteiger charge is 2.00. The van der Waals surface area contributed by atoms with Crippen LogP contribution in [-0.4, -0.2) is 9.97 Å². The highest BCUT2D eigenvalue weighted by atomic mass is 35.5. The average Bonchev–Trinajstić information content (AvgIpc) is 2.07. The van der Waals surface area contributed by atoms with Crippen LogP contribution in [0.2, 0.25) is 10.0 Å². The second kappa shape index (κ2) is 2.88. The van der Waals surface area contributed by atoms with Crippen LogP contribution in [0.15, 0.2) is 24.7 Å². The van der Waals surface area contributed by atoms with Crippen LogP contribution in [0.25, 0.3) is 10.9 Å². The molecule has 0 atom stereocenters. The highest BCUT2D eigenvalue weighted by molar-refractivity contribution is 6.42. The summed E-state index contributed by atoms with van der Waals surface area (Å²) in [5.41, 5.74) is 0.805. The van der Waals surface area contributed by atoms with Gasteiger partial charge in [-0.15, -0.1) is 0 Å². The van der Waals surface area contributed by atoms with E-state index in [0.29, 0.717) is 10.0 Å². The van der Waals surface area contributed by atoms with Crippen molar-refractivity contribution in [2.24, 2.45) is 0 Å². The molecule has 1 aromatic heterocycles. The predicted molar refractivity (Wildman–Crippen MR) is 49.6 cm³/mol. The highest BCUT2D eigenvalue weighted by Crippen LogP contribution is 2.25. The van der Waals surface area contributed by atoms with Gasteiger partial charge in [-0.2, -0.15) is 0 Å². The van der Waals surface area contributed by atoms with Gasteiger partial charge in [0.25, 0.3) is 0 Å². The van der Waals surface area contributed by atoms with Crippen LogP contribution >= 0.6 is 23.2 Å². The minimum absolute atomic E-state index is 0.517. The van der Waals surface area contributed by atoms with Gasteiger partial charge in [0.15, 0.2) is 0 Å². The molecule has 2 rings (SSSR count). The van der Waals surface area contributed by atoms with E-state index in [1.165, 1.54) is 6.33 Å². The van der Waals surface area contributed by atoms with Gasteiger partial charge in [-0.25, -0.2) is 9.97 Å². The zero-order valence-electron chi connectivity index (χ0n) is 5.96. The average molecular weight is 199 g/mol. The number of fused-ring (bicyclic) bond motifs is 1. The maximum absolute atomic E-state index is 5.80. The molecule has 0 saturated carbocycles. The van der Waals surface area contributed by atoms with Gasteiger partial charge in [0.05, 0.1) is 15.6 Å². The van der Waals surface area contributed by atoms with E-state index in [2.05, 4.69) is 9.97 Å².